The third-order valence-corrected chi connectivity index (χ3v) is 7.64. The van der Waals surface area contributed by atoms with Crippen molar-refractivity contribution in [1.82, 2.24) is 4.57 Å². The fourth-order valence-corrected chi connectivity index (χ4v) is 5.84. The lowest BCUT2D eigenvalue weighted by atomic mass is 9.84. The first-order chi connectivity index (χ1) is 19.4. The Labute approximate surface area is 247 Å². The van der Waals surface area contributed by atoms with Gasteiger partial charge in [-0.05, 0) is 55.2 Å². The fourth-order valence-electron chi connectivity index (χ4n) is 5.58. The number of esters is 3. The van der Waals surface area contributed by atoms with Crippen LogP contribution in [0.2, 0.25) is 0 Å². The average Bonchev–Trinajstić information content (AvgIpc) is 3.25. The van der Waals surface area contributed by atoms with Crippen molar-refractivity contribution in [3.63, 3.8) is 0 Å². The van der Waals surface area contributed by atoms with Gasteiger partial charge in [-0.15, -0.1) is 0 Å². The second kappa shape index (κ2) is 13.0. The number of benzene rings is 2. The van der Waals surface area contributed by atoms with Gasteiger partial charge < -0.3 is 28.3 Å². The molecule has 1 aliphatic rings. The summed E-state index contributed by atoms with van der Waals surface area (Å²) >= 11 is 3.49. The van der Waals surface area contributed by atoms with E-state index < -0.39 is 48.4 Å². The number of carbonyl (C=O) groups excluding carboxylic acids is 4. The zero-order valence-electron chi connectivity index (χ0n) is 23.7. The zero-order chi connectivity index (χ0) is 29.8. The molecule has 41 heavy (non-hydrogen) atoms. The Hall–Kier alpha value is -3.50. The number of Topliss-reactive ketones (excluding diaryl/α,β-unsaturated/α-hetero) is 1. The van der Waals surface area contributed by atoms with Gasteiger partial charge in [0.25, 0.3) is 0 Å². The molecule has 0 unspecified atom stereocenters. The van der Waals surface area contributed by atoms with Gasteiger partial charge in [-0.1, -0.05) is 40.2 Å². The van der Waals surface area contributed by atoms with Crippen molar-refractivity contribution in [2.45, 2.75) is 72.0 Å². The number of aromatic nitrogens is 1. The van der Waals surface area contributed by atoms with Gasteiger partial charge in [0.1, 0.15) is 24.6 Å². The van der Waals surface area contributed by atoms with Crippen molar-refractivity contribution in [3.8, 4) is 0 Å². The molecule has 10 heteroatoms. The van der Waals surface area contributed by atoms with Gasteiger partial charge in [0.15, 0.2) is 12.3 Å². The van der Waals surface area contributed by atoms with Crippen LogP contribution in [0.25, 0.3) is 10.9 Å². The highest BCUT2D eigenvalue weighted by Crippen LogP contribution is 2.41. The standard InChI is InChI=1S/C31H34BrNO8/c1-17-7-6-8-26-28(17)23(14-22-9-11-24(32)12-10-22)15-33(26)31-30(40-21(5)37)25(13-18(2)34)29(39-20(4)36)27(41-31)16-38-19(3)35/h6-12,15,25,27,29-31H,13-14,16H2,1-5H3/t25-,27+,29-,30+,31+/m0/s1. The molecule has 4 rings (SSSR count). The van der Waals surface area contributed by atoms with Gasteiger partial charge in [-0.2, -0.15) is 0 Å². The third-order valence-electron chi connectivity index (χ3n) is 7.11. The highest BCUT2D eigenvalue weighted by atomic mass is 79.9. The van der Waals surface area contributed by atoms with Crippen LogP contribution >= 0.6 is 15.9 Å². The van der Waals surface area contributed by atoms with Crippen molar-refractivity contribution in [3.05, 3.63) is 69.8 Å². The van der Waals surface area contributed by atoms with E-state index >= 15 is 0 Å². The van der Waals surface area contributed by atoms with Gasteiger partial charge >= 0.3 is 17.9 Å². The summed E-state index contributed by atoms with van der Waals surface area (Å²) in [6.45, 7) is 7.04. The van der Waals surface area contributed by atoms with Crippen LogP contribution in [0.1, 0.15) is 57.0 Å². The normalized spacial score (nSPS) is 22.2. The maximum absolute atomic E-state index is 12.5. The third kappa shape index (κ3) is 7.23. The first-order valence-electron chi connectivity index (χ1n) is 13.4. The predicted octanol–water partition coefficient (Wildman–Crippen LogP) is 5.22. The lowest BCUT2D eigenvalue weighted by molar-refractivity contribution is -0.249. The van der Waals surface area contributed by atoms with Crippen LogP contribution in [-0.4, -0.2) is 53.2 Å². The summed E-state index contributed by atoms with van der Waals surface area (Å²) in [5, 5.41) is 1.03. The number of rotatable bonds is 9. The Kier molecular flexibility index (Phi) is 9.65. The van der Waals surface area contributed by atoms with Crippen molar-refractivity contribution in [2.24, 2.45) is 5.92 Å². The molecule has 0 radical (unpaired) electrons. The van der Waals surface area contributed by atoms with Gasteiger partial charge in [-0.25, -0.2) is 0 Å². The molecule has 0 N–H and O–H groups in total. The number of hydrogen-bond acceptors (Lipinski definition) is 8. The zero-order valence-corrected chi connectivity index (χ0v) is 25.3. The van der Waals surface area contributed by atoms with Crippen LogP contribution in [0, 0.1) is 12.8 Å². The van der Waals surface area contributed by atoms with E-state index in [-0.39, 0.29) is 18.8 Å². The number of carbonyl (C=O) groups is 4. The van der Waals surface area contributed by atoms with E-state index in [9.17, 15) is 19.2 Å². The summed E-state index contributed by atoms with van der Waals surface area (Å²) in [6.07, 6.45) is -1.24. The summed E-state index contributed by atoms with van der Waals surface area (Å²) < 4.78 is 26.1. The van der Waals surface area contributed by atoms with Crippen LogP contribution in [0.4, 0.5) is 0 Å². The molecule has 1 aliphatic heterocycles. The smallest absolute Gasteiger partial charge is 0.303 e. The van der Waals surface area contributed by atoms with Crippen molar-refractivity contribution >= 4 is 50.5 Å². The van der Waals surface area contributed by atoms with Crippen molar-refractivity contribution in [2.75, 3.05) is 6.61 Å². The maximum Gasteiger partial charge on any atom is 0.303 e. The summed E-state index contributed by atoms with van der Waals surface area (Å²) in [6, 6.07) is 14.0. The molecule has 0 saturated carbocycles. The molecule has 2 aromatic carbocycles. The topological polar surface area (TPSA) is 110 Å². The molecule has 218 valence electrons. The van der Waals surface area contributed by atoms with Crippen LogP contribution in [0.5, 0.6) is 0 Å². The second-order valence-electron chi connectivity index (χ2n) is 10.4. The summed E-state index contributed by atoms with van der Waals surface area (Å²) in [5.74, 6) is -2.63. The number of halogens is 1. The van der Waals surface area contributed by atoms with Crippen LogP contribution in [0.15, 0.2) is 53.1 Å². The number of nitrogens with zero attached hydrogens (tertiary/aromatic N) is 1. The number of ether oxygens (including phenoxy) is 4. The molecule has 0 spiro atoms. The van der Waals surface area contributed by atoms with E-state index in [1.54, 1.807) is 0 Å². The first kappa shape index (κ1) is 30.5. The molecular formula is C31H34BrNO8. The Bertz CT molecular complexity index is 1450. The maximum atomic E-state index is 12.5. The minimum absolute atomic E-state index is 0.0453. The Morgan fingerprint density at radius 2 is 1.56 bits per heavy atom. The average molecular weight is 629 g/mol. The molecule has 0 aliphatic carbocycles. The number of hydrogen-bond donors (Lipinski definition) is 0. The summed E-state index contributed by atoms with van der Waals surface area (Å²) in [7, 11) is 0. The summed E-state index contributed by atoms with van der Waals surface area (Å²) in [5.41, 5.74) is 4.04. The minimum Gasteiger partial charge on any atom is -0.463 e. The number of ketones is 1. The molecule has 1 fully saturated rings. The second-order valence-corrected chi connectivity index (χ2v) is 11.3. The SMILES string of the molecule is CC(=O)C[C@@H]1[C@@H](OC(C)=O)[C@H](n2cc(Cc3ccc(Br)cc3)c3c(C)cccc32)O[C@H](COC(C)=O)[C@H]1OC(C)=O. The molecule has 3 aromatic rings. The highest BCUT2D eigenvalue weighted by molar-refractivity contribution is 9.10. The Balaban J connectivity index is 1.87. The molecular weight excluding hydrogens is 594 g/mol. The van der Waals surface area contributed by atoms with Gasteiger partial charge in [0, 0.05) is 49.2 Å². The van der Waals surface area contributed by atoms with Crippen molar-refractivity contribution in [1.29, 1.82) is 0 Å². The van der Waals surface area contributed by atoms with E-state index in [1.807, 2.05) is 60.2 Å². The predicted molar refractivity (Wildman–Crippen MR) is 154 cm³/mol. The number of aryl methyl sites for hydroxylation is 1. The molecule has 0 amide bonds. The highest BCUT2D eigenvalue weighted by Gasteiger charge is 2.51. The van der Waals surface area contributed by atoms with E-state index in [0.717, 1.165) is 32.1 Å². The molecule has 1 saturated heterocycles. The fraction of sp³-hybridized carbons (Fsp3) is 0.419. The van der Waals surface area contributed by atoms with Crippen molar-refractivity contribution < 1.29 is 38.1 Å². The quantitative estimate of drug-likeness (QED) is 0.234. The summed E-state index contributed by atoms with van der Waals surface area (Å²) in [4.78, 5) is 48.7. The van der Waals surface area contributed by atoms with E-state index in [4.69, 9.17) is 18.9 Å². The molecule has 9 nitrogen and oxygen atoms in total. The van der Waals surface area contributed by atoms with Gasteiger partial charge in [0.2, 0.25) is 0 Å². The van der Waals surface area contributed by atoms with Gasteiger partial charge in [0.05, 0.1) is 5.52 Å². The lowest BCUT2D eigenvalue weighted by Gasteiger charge is -2.45. The monoisotopic (exact) mass is 627 g/mol. The molecule has 1 aromatic heterocycles. The van der Waals surface area contributed by atoms with E-state index in [0.29, 0.717) is 6.42 Å². The van der Waals surface area contributed by atoms with Crippen LogP contribution in [-0.2, 0) is 44.5 Å². The molecule has 5 atom stereocenters. The first-order valence-corrected chi connectivity index (χ1v) is 14.2. The van der Waals surface area contributed by atoms with Crippen LogP contribution in [0.3, 0.4) is 0 Å². The molecule has 0 bridgehead atoms. The minimum atomic E-state index is -0.998. The number of fused-ring (bicyclic) bond motifs is 1. The lowest BCUT2D eigenvalue weighted by Crippen LogP contribution is -2.56. The molecule has 2 heterocycles. The van der Waals surface area contributed by atoms with E-state index in [2.05, 4.69) is 15.9 Å². The Morgan fingerprint density at radius 3 is 2.17 bits per heavy atom. The van der Waals surface area contributed by atoms with Gasteiger partial charge in [-0.3, -0.25) is 14.4 Å². The Morgan fingerprint density at radius 1 is 0.902 bits per heavy atom. The van der Waals surface area contributed by atoms with E-state index in [1.165, 1.54) is 27.7 Å². The van der Waals surface area contributed by atoms with Crippen LogP contribution < -0.4 is 0 Å². The largest absolute Gasteiger partial charge is 0.463 e.